The van der Waals surface area contributed by atoms with Crippen LogP contribution in [0.25, 0.3) is 0 Å². The highest BCUT2D eigenvalue weighted by atomic mass is 16.5. The monoisotopic (exact) mass is 278 g/mol. The fourth-order valence-corrected chi connectivity index (χ4v) is 2.76. The molecule has 1 fully saturated rings. The minimum Gasteiger partial charge on any atom is -0.375 e. The number of aromatic nitrogens is 3. The lowest BCUT2D eigenvalue weighted by Crippen LogP contribution is -2.47. The van der Waals surface area contributed by atoms with Crippen LogP contribution in [-0.4, -0.2) is 51.4 Å². The third-order valence-corrected chi connectivity index (χ3v) is 3.88. The zero-order valence-electron chi connectivity index (χ0n) is 12.0. The Morgan fingerprint density at radius 3 is 3.15 bits per heavy atom. The van der Waals surface area contributed by atoms with Gasteiger partial charge in [-0.1, -0.05) is 0 Å². The molecular formula is C13H22N6O. The van der Waals surface area contributed by atoms with E-state index in [1.165, 1.54) is 12.8 Å². The van der Waals surface area contributed by atoms with Crippen molar-refractivity contribution in [1.82, 2.24) is 19.7 Å². The van der Waals surface area contributed by atoms with Gasteiger partial charge in [0, 0.05) is 26.1 Å². The Kier molecular flexibility index (Phi) is 3.86. The summed E-state index contributed by atoms with van der Waals surface area (Å²) in [6, 6.07) is 0. The van der Waals surface area contributed by atoms with Crippen molar-refractivity contribution in [1.29, 1.82) is 0 Å². The number of hydrogen-bond acceptors (Lipinski definition) is 4. The minimum absolute atomic E-state index is 0.207. The number of aliphatic imine (C=N–C) groups is 1. The number of nitrogens with zero attached hydrogens (tertiary/aromatic N) is 5. The van der Waals surface area contributed by atoms with Gasteiger partial charge in [-0.15, -0.1) is 10.2 Å². The first-order chi connectivity index (χ1) is 9.74. The third kappa shape index (κ3) is 2.77. The van der Waals surface area contributed by atoms with Crippen LogP contribution in [0.4, 0.5) is 0 Å². The minimum atomic E-state index is 0.207. The SMILES string of the molecule is CC1CN(C(N)=NCc2nnc3n2CCCC3)CCO1. The van der Waals surface area contributed by atoms with Gasteiger partial charge < -0.3 is 19.9 Å². The summed E-state index contributed by atoms with van der Waals surface area (Å²) in [5, 5.41) is 8.47. The number of fused-ring (bicyclic) bond motifs is 1. The lowest BCUT2D eigenvalue weighted by Gasteiger charge is -2.31. The van der Waals surface area contributed by atoms with Crippen molar-refractivity contribution in [2.45, 2.75) is 45.4 Å². The number of guanidine groups is 1. The first-order valence-electron chi connectivity index (χ1n) is 7.31. The van der Waals surface area contributed by atoms with Gasteiger partial charge in [0.2, 0.25) is 0 Å². The lowest BCUT2D eigenvalue weighted by molar-refractivity contribution is 0.00528. The van der Waals surface area contributed by atoms with E-state index < -0.39 is 0 Å². The van der Waals surface area contributed by atoms with Crippen LogP contribution >= 0.6 is 0 Å². The molecule has 2 aliphatic rings. The molecule has 3 heterocycles. The topological polar surface area (TPSA) is 81.6 Å². The second-order valence-corrected chi connectivity index (χ2v) is 5.44. The Balaban J connectivity index is 1.65. The molecule has 0 spiro atoms. The van der Waals surface area contributed by atoms with Crippen molar-refractivity contribution in [3.8, 4) is 0 Å². The van der Waals surface area contributed by atoms with Crippen molar-refractivity contribution in [3.63, 3.8) is 0 Å². The van der Waals surface area contributed by atoms with E-state index in [0.29, 0.717) is 19.1 Å². The molecule has 2 aliphatic heterocycles. The second kappa shape index (κ2) is 5.78. The molecule has 0 aromatic carbocycles. The molecule has 1 aromatic rings. The lowest BCUT2D eigenvalue weighted by atomic mass is 10.2. The molecule has 0 aliphatic carbocycles. The zero-order valence-corrected chi connectivity index (χ0v) is 12.0. The Labute approximate surface area is 118 Å². The van der Waals surface area contributed by atoms with E-state index in [1.807, 2.05) is 6.92 Å². The summed E-state index contributed by atoms with van der Waals surface area (Å²) >= 11 is 0. The molecule has 7 nitrogen and oxygen atoms in total. The van der Waals surface area contributed by atoms with Crippen LogP contribution < -0.4 is 5.73 Å². The van der Waals surface area contributed by atoms with E-state index in [0.717, 1.165) is 37.7 Å². The van der Waals surface area contributed by atoms with Crippen LogP contribution in [0.1, 0.15) is 31.4 Å². The van der Waals surface area contributed by atoms with Gasteiger partial charge in [-0.25, -0.2) is 4.99 Å². The molecule has 1 unspecified atom stereocenters. The number of rotatable bonds is 2. The van der Waals surface area contributed by atoms with Crippen LogP contribution in [0.15, 0.2) is 4.99 Å². The van der Waals surface area contributed by atoms with Crippen molar-refractivity contribution in [3.05, 3.63) is 11.6 Å². The summed E-state index contributed by atoms with van der Waals surface area (Å²) in [6.45, 7) is 5.86. The fourth-order valence-electron chi connectivity index (χ4n) is 2.76. The van der Waals surface area contributed by atoms with Gasteiger partial charge in [0.15, 0.2) is 11.8 Å². The number of ether oxygens (including phenoxy) is 1. The van der Waals surface area contributed by atoms with Crippen LogP contribution in [0.2, 0.25) is 0 Å². The maximum Gasteiger partial charge on any atom is 0.191 e. The van der Waals surface area contributed by atoms with Gasteiger partial charge >= 0.3 is 0 Å². The summed E-state index contributed by atoms with van der Waals surface area (Å²) in [7, 11) is 0. The van der Waals surface area contributed by atoms with Gasteiger partial charge in [0.1, 0.15) is 12.4 Å². The van der Waals surface area contributed by atoms with Gasteiger partial charge in [-0.3, -0.25) is 0 Å². The zero-order chi connectivity index (χ0) is 13.9. The highest BCUT2D eigenvalue weighted by Crippen LogP contribution is 2.14. The Morgan fingerprint density at radius 2 is 2.30 bits per heavy atom. The van der Waals surface area contributed by atoms with Gasteiger partial charge in [0.05, 0.1) is 12.7 Å². The van der Waals surface area contributed by atoms with Crippen molar-refractivity contribution in [2.75, 3.05) is 19.7 Å². The fraction of sp³-hybridized carbons (Fsp3) is 0.769. The quantitative estimate of drug-likeness (QED) is 0.615. The molecule has 0 amide bonds. The summed E-state index contributed by atoms with van der Waals surface area (Å²) in [5.41, 5.74) is 6.07. The van der Waals surface area contributed by atoms with Gasteiger partial charge in [-0.2, -0.15) is 0 Å². The van der Waals surface area contributed by atoms with E-state index in [9.17, 15) is 0 Å². The predicted octanol–water partition coefficient (Wildman–Crippen LogP) is 0.150. The predicted molar refractivity (Wildman–Crippen MR) is 75.3 cm³/mol. The molecule has 3 rings (SSSR count). The number of morpholine rings is 1. The first-order valence-corrected chi connectivity index (χ1v) is 7.31. The van der Waals surface area contributed by atoms with Crippen LogP contribution in [0.3, 0.4) is 0 Å². The second-order valence-electron chi connectivity index (χ2n) is 5.44. The molecule has 110 valence electrons. The summed E-state index contributed by atoms with van der Waals surface area (Å²) in [4.78, 5) is 6.55. The number of nitrogens with two attached hydrogens (primary N) is 1. The number of aryl methyl sites for hydroxylation is 1. The maximum absolute atomic E-state index is 6.07. The number of hydrogen-bond donors (Lipinski definition) is 1. The molecule has 1 aromatic heterocycles. The smallest absolute Gasteiger partial charge is 0.191 e. The Morgan fingerprint density at radius 1 is 1.40 bits per heavy atom. The van der Waals surface area contributed by atoms with Crippen LogP contribution in [0.5, 0.6) is 0 Å². The molecule has 0 saturated carbocycles. The Hall–Kier alpha value is -1.63. The van der Waals surface area contributed by atoms with E-state index in [-0.39, 0.29) is 6.10 Å². The molecule has 7 heteroatoms. The molecular weight excluding hydrogens is 256 g/mol. The van der Waals surface area contributed by atoms with Crippen molar-refractivity contribution < 1.29 is 4.74 Å². The third-order valence-electron chi connectivity index (χ3n) is 3.88. The maximum atomic E-state index is 6.07. The Bertz CT molecular complexity index is 497. The molecule has 0 bridgehead atoms. The van der Waals surface area contributed by atoms with E-state index >= 15 is 0 Å². The van der Waals surface area contributed by atoms with Crippen LogP contribution in [-0.2, 0) is 24.2 Å². The highest BCUT2D eigenvalue weighted by molar-refractivity contribution is 5.78. The van der Waals surface area contributed by atoms with Crippen LogP contribution in [0, 0.1) is 0 Å². The average molecular weight is 278 g/mol. The van der Waals surface area contributed by atoms with E-state index in [4.69, 9.17) is 10.5 Å². The first kappa shape index (κ1) is 13.4. The highest BCUT2D eigenvalue weighted by Gasteiger charge is 2.19. The summed E-state index contributed by atoms with van der Waals surface area (Å²) < 4.78 is 7.69. The van der Waals surface area contributed by atoms with Crippen molar-refractivity contribution in [2.24, 2.45) is 10.7 Å². The summed E-state index contributed by atoms with van der Waals surface area (Å²) in [6.07, 6.45) is 3.62. The van der Waals surface area contributed by atoms with Crippen molar-refractivity contribution >= 4 is 5.96 Å². The molecule has 1 atom stereocenters. The van der Waals surface area contributed by atoms with E-state index in [1.54, 1.807) is 0 Å². The normalized spacial score (nSPS) is 23.8. The van der Waals surface area contributed by atoms with Gasteiger partial charge in [-0.05, 0) is 19.8 Å². The molecule has 0 radical (unpaired) electrons. The largest absolute Gasteiger partial charge is 0.375 e. The molecule has 20 heavy (non-hydrogen) atoms. The summed E-state index contributed by atoms with van der Waals surface area (Å²) in [5.74, 6) is 2.58. The molecule has 2 N–H and O–H groups in total. The average Bonchev–Trinajstić information content (AvgIpc) is 2.88. The van der Waals surface area contributed by atoms with Gasteiger partial charge in [0.25, 0.3) is 0 Å². The van der Waals surface area contributed by atoms with E-state index in [2.05, 4.69) is 24.7 Å². The standard InChI is InChI=1S/C13H22N6O/c1-10-9-18(6-7-20-10)13(14)15-8-12-17-16-11-4-2-3-5-19(11)12/h10H,2-9H2,1H3,(H2,14,15). The molecule has 1 saturated heterocycles.